The summed E-state index contributed by atoms with van der Waals surface area (Å²) in [7, 11) is 0. The molecular weight excluding hydrogens is 341 g/mol. The van der Waals surface area contributed by atoms with Gasteiger partial charge in [-0.15, -0.1) is 0 Å². The Morgan fingerprint density at radius 2 is 2.06 bits per heavy atom. The molecule has 0 bridgehead atoms. The molecule has 1 rings (SSSR count). The first kappa shape index (κ1) is 15.4. The third kappa shape index (κ3) is 4.57. The Labute approximate surface area is 122 Å². The summed E-state index contributed by atoms with van der Waals surface area (Å²) in [6.07, 6.45) is 0. The average molecular weight is 361 g/mol. The number of hydrogen-bond donors (Lipinski definition) is 1. The number of carbonyl (C=O) groups is 1. The second-order valence-electron chi connectivity index (χ2n) is 4.46. The first-order chi connectivity index (χ1) is 8.56. The number of halogens is 1. The predicted molar refractivity (Wildman–Crippen MR) is 81.7 cm³/mol. The average Bonchev–Trinajstić information content (AvgIpc) is 2.34. The quantitative estimate of drug-likeness (QED) is 0.791. The van der Waals surface area contributed by atoms with Crippen LogP contribution in [0.3, 0.4) is 0 Å². The molecule has 18 heavy (non-hydrogen) atoms. The monoisotopic (exact) mass is 361 g/mol. The number of benzene rings is 1. The van der Waals surface area contributed by atoms with Gasteiger partial charge in [0.1, 0.15) is 0 Å². The summed E-state index contributed by atoms with van der Waals surface area (Å²) in [4.78, 5) is 12.2. The molecule has 1 aromatic carbocycles. The van der Waals surface area contributed by atoms with Crippen molar-refractivity contribution in [1.82, 2.24) is 5.32 Å². The van der Waals surface area contributed by atoms with E-state index in [-0.39, 0.29) is 11.9 Å². The van der Waals surface area contributed by atoms with E-state index in [4.69, 9.17) is 4.74 Å². The Kier molecular flexibility index (Phi) is 6.63. The van der Waals surface area contributed by atoms with Gasteiger partial charge in [-0.1, -0.05) is 26.0 Å². The number of amides is 1. The normalized spacial score (nSPS) is 12.5. The lowest BCUT2D eigenvalue weighted by molar-refractivity contribution is 0.0805. The van der Waals surface area contributed by atoms with Gasteiger partial charge in [-0.2, -0.15) is 0 Å². The Balaban J connectivity index is 2.69. The minimum atomic E-state index is -0.0293. The highest BCUT2D eigenvalue weighted by Crippen LogP contribution is 2.12. The number of nitrogens with one attached hydrogen (secondary N) is 1. The predicted octanol–water partition coefficient (Wildman–Crippen LogP) is 3.08. The van der Waals surface area contributed by atoms with Gasteiger partial charge in [-0.3, -0.25) is 4.79 Å². The van der Waals surface area contributed by atoms with Crippen LogP contribution >= 0.6 is 22.6 Å². The lowest BCUT2D eigenvalue weighted by Crippen LogP contribution is -2.42. The van der Waals surface area contributed by atoms with Crippen LogP contribution in [0.1, 0.15) is 31.1 Å². The van der Waals surface area contributed by atoms with Gasteiger partial charge in [0, 0.05) is 10.2 Å². The van der Waals surface area contributed by atoms with E-state index in [0.717, 1.165) is 9.13 Å². The third-order valence-corrected chi connectivity index (χ3v) is 3.68. The summed E-state index contributed by atoms with van der Waals surface area (Å²) in [5.41, 5.74) is 0.722. The fourth-order valence-corrected chi connectivity index (χ4v) is 2.17. The molecule has 0 spiro atoms. The molecular formula is C14H20INO2. The number of carbonyl (C=O) groups excluding carboxylic acids is 1. The summed E-state index contributed by atoms with van der Waals surface area (Å²) >= 11 is 2.18. The van der Waals surface area contributed by atoms with Crippen molar-refractivity contribution in [2.45, 2.75) is 26.8 Å². The zero-order chi connectivity index (χ0) is 13.5. The van der Waals surface area contributed by atoms with Crippen LogP contribution in [-0.2, 0) is 4.74 Å². The van der Waals surface area contributed by atoms with Gasteiger partial charge in [-0.05, 0) is 47.6 Å². The summed E-state index contributed by atoms with van der Waals surface area (Å²) in [6.45, 7) is 7.35. The van der Waals surface area contributed by atoms with Crippen LogP contribution in [0.4, 0.5) is 0 Å². The molecule has 0 aliphatic heterocycles. The maximum atomic E-state index is 12.2. The van der Waals surface area contributed by atoms with Crippen molar-refractivity contribution >= 4 is 28.5 Å². The van der Waals surface area contributed by atoms with Crippen LogP contribution in [0.15, 0.2) is 24.3 Å². The molecule has 0 radical (unpaired) electrons. The fourth-order valence-electron chi connectivity index (χ4n) is 1.54. The zero-order valence-corrected chi connectivity index (χ0v) is 13.2. The Bertz CT molecular complexity index is 393. The molecule has 0 saturated carbocycles. The molecule has 0 heterocycles. The van der Waals surface area contributed by atoms with Crippen molar-refractivity contribution in [3.05, 3.63) is 33.4 Å². The molecule has 0 saturated heterocycles. The fraction of sp³-hybridized carbons (Fsp3) is 0.500. The molecule has 4 heteroatoms. The van der Waals surface area contributed by atoms with Crippen molar-refractivity contribution in [3.8, 4) is 0 Å². The van der Waals surface area contributed by atoms with Gasteiger partial charge in [0.15, 0.2) is 0 Å². The van der Waals surface area contributed by atoms with Crippen molar-refractivity contribution < 1.29 is 9.53 Å². The van der Waals surface area contributed by atoms with E-state index < -0.39 is 0 Å². The van der Waals surface area contributed by atoms with Crippen LogP contribution in [0.25, 0.3) is 0 Å². The van der Waals surface area contributed by atoms with E-state index in [9.17, 15) is 4.79 Å². The van der Waals surface area contributed by atoms with E-state index in [1.54, 1.807) is 0 Å². The minimum Gasteiger partial charge on any atom is -0.380 e. The lowest BCUT2D eigenvalue weighted by Gasteiger charge is -2.22. The topological polar surface area (TPSA) is 38.3 Å². The third-order valence-electron chi connectivity index (χ3n) is 2.74. The van der Waals surface area contributed by atoms with Gasteiger partial charge < -0.3 is 10.1 Å². The second kappa shape index (κ2) is 7.74. The zero-order valence-electron chi connectivity index (χ0n) is 11.1. The highest BCUT2D eigenvalue weighted by Gasteiger charge is 2.18. The van der Waals surface area contributed by atoms with Crippen LogP contribution in [-0.4, -0.2) is 25.2 Å². The van der Waals surface area contributed by atoms with E-state index in [1.165, 1.54) is 0 Å². The maximum absolute atomic E-state index is 12.2. The van der Waals surface area contributed by atoms with Gasteiger partial charge in [-0.25, -0.2) is 0 Å². The van der Waals surface area contributed by atoms with Crippen molar-refractivity contribution in [2.24, 2.45) is 5.92 Å². The molecule has 0 aliphatic rings. The number of ether oxygens (including phenoxy) is 1. The molecule has 1 unspecified atom stereocenters. The molecule has 1 aromatic rings. The van der Waals surface area contributed by atoms with Gasteiger partial charge in [0.05, 0.1) is 18.2 Å². The molecule has 1 atom stereocenters. The summed E-state index contributed by atoms with van der Waals surface area (Å²) in [5, 5.41) is 3.04. The summed E-state index contributed by atoms with van der Waals surface area (Å²) < 4.78 is 6.37. The number of rotatable bonds is 6. The molecule has 0 fully saturated rings. The number of hydrogen-bond acceptors (Lipinski definition) is 2. The molecule has 0 aliphatic carbocycles. The SMILES string of the molecule is CCOCC(NC(=O)c1ccccc1I)C(C)C. The maximum Gasteiger partial charge on any atom is 0.252 e. The van der Waals surface area contributed by atoms with Crippen molar-refractivity contribution in [1.29, 1.82) is 0 Å². The smallest absolute Gasteiger partial charge is 0.252 e. The Hall–Kier alpha value is -0.620. The van der Waals surface area contributed by atoms with Crippen LogP contribution in [0.2, 0.25) is 0 Å². The van der Waals surface area contributed by atoms with Crippen LogP contribution in [0, 0.1) is 9.49 Å². The van der Waals surface area contributed by atoms with Crippen LogP contribution in [0.5, 0.6) is 0 Å². The summed E-state index contributed by atoms with van der Waals surface area (Å²) in [6, 6.07) is 7.63. The highest BCUT2D eigenvalue weighted by molar-refractivity contribution is 14.1. The molecule has 1 amide bonds. The van der Waals surface area contributed by atoms with Gasteiger partial charge >= 0.3 is 0 Å². The molecule has 3 nitrogen and oxygen atoms in total. The van der Waals surface area contributed by atoms with Crippen molar-refractivity contribution in [2.75, 3.05) is 13.2 Å². The van der Waals surface area contributed by atoms with E-state index in [1.807, 2.05) is 31.2 Å². The first-order valence-electron chi connectivity index (χ1n) is 6.19. The Morgan fingerprint density at radius 3 is 2.61 bits per heavy atom. The second-order valence-corrected chi connectivity index (χ2v) is 5.63. The van der Waals surface area contributed by atoms with E-state index >= 15 is 0 Å². The highest BCUT2D eigenvalue weighted by atomic mass is 127. The molecule has 1 N–H and O–H groups in total. The van der Waals surface area contributed by atoms with Gasteiger partial charge in [0.2, 0.25) is 0 Å². The summed E-state index contributed by atoms with van der Waals surface area (Å²) in [5.74, 6) is 0.320. The van der Waals surface area contributed by atoms with E-state index in [0.29, 0.717) is 19.1 Å². The molecule has 0 aromatic heterocycles. The first-order valence-corrected chi connectivity index (χ1v) is 7.27. The minimum absolute atomic E-state index is 0.0293. The lowest BCUT2D eigenvalue weighted by atomic mass is 10.0. The largest absolute Gasteiger partial charge is 0.380 e. The standard InChI is InChI=1S/C14H20INO2/c1-4-18-9-13(10(2)3)16-14(17)11-7-5-6-8-12(11)15/h5-8,10,13H,4,9H2,1-3H3,(H,16,17). The Morgan fingerprint density at radius 1 is 1.39 bits per heavy atom. The van der Waals surface area contributed by atoms with Crippen LogP contribution < -0.4 is 5.32 Å². The molecule has 100 valence electrons. The van der Waals surface area contributed by atoms with E-state index in [2.05, 4.69) is 41.8 Å². The van der Waals surface area contributed by atoms with Crippen molar-refractivity contribution in [3.63, 3.8) is 0 Å². The van der Waals surface area contributed by atoms with Gasteiger partial charge in [0.25, 0.3) is 5.91 Å².